The zero-order chi connectivity index (χ0) is 14.8. The van der Waals surface area contributed by atoms with Crippen LogP contribution in [0.3, 0.4) is 0 Å². The Morgan fingerprint density at radius 2 is 2.29 bits per heavy atom. The van der Waals surface area contributed by atoms with Crippen LogP contribution >= 0.6 is 0 Å². The van der Waals surface area contributed by atoms with E-state index in [2.05, 4.69) is 32.4 Å². The summed E-state index contributed by atoms with van der Waals surface area (Å²) in [5.74, 6) is 0.0818. The molecule has 3 rings (SSSR count). The lowest BCUT2D eigenvalue weighted by Gasteiger charge is -2.05. The number of H-pyrrole nitrogens is 1. The predicted molar refractivity (Wildman–Crippen MR) is 78.3 cm³/mol. The van der Waals surface area contributed by atoms with Gasteiger partial charge in [0.2, 0.25) is 5.95 Å². The van der Waals surface area contributed by atoms with Crippen LogP contribution in [-0.4, -0.2) is 30.5 Å². The fraction of sp³-hybridized carbons (Fsp3) is 0.286. The minimum Gasteiger partial charge on any atom is -0.295 e. The third kappa shape index (κ3) is 2.49. The van der Waals surface area contributed by atoms with Crippen LogP contribution in [0, 0.1) is 6.92 Å². The molecule has 0 unspecified atom stereocenters. The summed E-state index contributed by atoms with van der Waals surface area (Å²) in [7, 11) is 0. The Labute approximate surface area is 121 Å². The molecule has 0 aliphatic carbocycles. The van der Waals surface area contributed by atoms with Gasteiger partial charge in [-0.1, -0.05) is 19.4 Å². The van der Waals surface area contributed by atoms with Crippen LogP contribution in [-0.2, 0) is 6.42 Å². The average molecular weight is 284 g/mol. The number of fused-ring (bicyclic) bond motifs is 1. The Morgan fingerprint density at radius 3 is 3.00 bits per heavy atom. The molecule has 3 aromatic heterocycles. The van der Waals surface area contributed by atoms with Crippen molar-refractivity contribution in [1.82, 2.24) is 24.6 Å². The van der Waals surface area contributed by atoms with Gasteiger partial charge in [-0.05, 0) is 25.0 Å². The Hall–Kier alpha value is -2.70. The van der Waals surface area contributed by atoms with Gasteiger partial charge >= 0.3 is 0 Å². The van der Waals surface area contributed by atoms with Gasteiger partial charge in [-0.25, -0.2) is 10.1 Å². The molecule has 0 spiro atoms. The number of amides is 1. The van der Waals surface area contributed by atoms with E-state index >= 15 is 0 Å². The maximum Gasteiger partial charge on any atom is 0.276 e. The molecule has 108 valence electrons. The molecule has 2 N–H and O–H groups in total. The number of aromatic nitrogens is 5. The number of imidazole rings is 1. The fourth-order valence-corrected chi connectivity index (χ4v) is 2.28. The molecular weight excluding hydrogens is 268 g/mol. The minimum atomic E-state index is -0.242. The monoisotopic (exact) mass is 284 g/mol. The van der Waals surface area contributed by atoms with Crippen molar-refractivity contribution >= 4 is 17.5 Å². The van der Waals surface area contributed by atoms with E-state index < -0.39 is 0 Å². The summed E-state index contributed by atoms with van der Waals surface area (Å²) in [5, 5.41) is 9.04. The molecule has 0 saturated carbocycles. The largest absolute Gasteiger partial charge is 0.295 e. The minimum absolute atomic E-state index is 0.242. The molecule has 0 aromatic carbocycles. The number of aryl methyl sites for hydroxylation is 2. The Balaban J connectivity index is 2.07. The summed E-state index contributed by atoms with van der Waals surface area (Å²) in [6.45, 7) is 4.05. The fourth-order valence-electron chi connectivity index (χ4n) is 2.28. The van der Waals surface area contributed by atoms with Gasteiger partial charge in [-0.15, -0.1) is 0 Å². The topological polar surface area (TPSA) is 88.0 Å². The van der Waals surface area contributed by atoms with E-state index in [0.717, 1.165) is 29.7 Å². The number of pyridine rings is 1. The summed E-state index contributed by atoms with van der Waals surface area (Å²) >= 11 is 0. The van der Waals surface area contributed by atoms with E-state index in [0.29, 0.717) is 11.6 Å². The first-order chi connectivity index (χ1) is 10.2. The molecule has 0 atom stereocenters. The lowest BCUT2D eigenvalue weighted by atomic mass is 10.2. The zero-order valence-electron chi connectivity index (χ0n) is 11.9. The van der Waals surface area contributed by atoms with Crippen molar-refractivity contribution in [3.05, 3.63) is 41.6 Å². The van der Waals surface area contributed by atoms with Gasteiger partial charge in [0.1, 0.15) is 17.7 Å². The lowest BCUT2D eigenvalue weighted by Crippen LogP contribution is -2.17. The third-order valence-electron chi connectivity index (χ3n) is 3.19. The van der Waals surface area contributed by atoms with E-state index in [-0.39, 0.29) is 5.91 Å². The van der Waals surface area contributed by atoms with Gasteiger partial charge in [0.25, 0.3) is 5.91 Å². The molecule has 0 bridgehead atoms. The first-order valence-corrected chi connectivity index (χ1v) is 6.83. The van der Waals surface area contributed by atoms with Crippen molar-refractivity contribution in [3.63, 3.8) is 0 Å². The lowest BCUT2D eigenvalue weighted by molar-refractivity contribution is 0.101. The molecule has 3 aromatic rings. The molecule has 21 heavy (non-hydrogen) atoms. The molecule has 7 nitrogen and oxygen atoms in total. The van der Waals surface area contributed by atoms with Crippen LogP contribution in [0.5, 0.6) is 0 Å². The number of hydrogen-bond donors (Lipinski definition) is 2. The molecule has 3 heterocycles. The average Bonchev–Trinajstić information content (AvgIpc) is 3.06. The highest BCUT2D eigenvalue weighted by atomic mass is 16.2. The first kappa shape index (κ1) is 13.3. The van der Waals surface area contributed by atoms with Crippen molar-refractivity contribution in [2.45, 2.75) is 26.7 Å². The van der Waals surface area contributed by atoms with Crippen LogP contribution in [0.15, 0.2) is 24.7 Å². The van der Waals surface area contributed by atoms with E-state index in [9.17, 15) is 4.79 Å². The van der Waals surface area contributed by atoms with Crippen molar-refractivity contribution in [1.29, 1.82) is 0 Å². The van der Waals surface area contributed by atoms with Crippen LogP contribution in [0.25, 0.3) is 5.65 Å². The van der Waals surface area contributed by atoms with E-state index in [1.54, 1.807) is 0 Å². The zero-order valence-corrected chi connectivity index (χ0v) is 11.9. The number of nitrogens with one attached hydrogen (secondary N) is 2. The summed E-state index contributed by atoms with van der Waals surface area (Å²) in [6, 6.07) is 3.90. The van der Waals surface area contributed by atoms with Gasteiger partial charge in [-0.3, -0.25) is 14.5 Å². The van der Waals surface area contributed by atoms with Gasteiger partial charge in [0.05, 0.1) is 5.69 Å². The number of carbonyl (C=O) groups excluding carboxylic acids is 1. The number of anilines is 1. The highest BCUT2D eigenvalue weighted by molar-refractivity contribution is 6.03. The van der Waals surface area contributed by atoms with E-state index in [1.807, 2.05) is 29.7 Å². The Kier molecular flexibility index (Phi) is 3.39. The second kappa shape index (κ2) is 5.35. The molecule has 0 fully saturated rings. The second-order valence-electron chi connectivity index (χ2n) is 4.88. The van der Waals surface area contributed by atoms with Crippen LogP contribution in [0.1, 0.15) is 35.1 Å². The number of carbonyl (C=O) groups is 1. The van der Waals surface area contributed by atoms with E-state index in [1.165, 1.54) is 6.33 Å². The molecule has 0 aliphatic rings. The number of nitrogens with zero attached hydrogens (tertiary/aromatic N) is 4. The smallest absolute Gasteiger partial charge is 0.276 e. The van der Waals surface area contributed by atoms with Crippen LogP contribution in [0.4, 0.5) is 5.95 Å². The maximum atomic E-state index is 12.5. The molecule has 0 aliphatic heterocycles. The molecule has 1 amide bonds. The van der Waals surface area contributed by atoms with Crippen molar-refractivity contribution in [2.24, 2.45) is 0 Å². The Morgan fingerprint density at radius 1 is 1.43 bits per heavy atom. The van der Waals surface area contributed by atoms with Gasteiger partial charge in [0, 0.05) is 6.20 Å². The predicted octanol–water partition coefficient (Wildman–Crippen LogP) is 1.97. The van der Waals surface area contributed by atoms with E-state index in [4.69, 9.17) is 0 Å². The van der Waals surface area contributed by atoms with Gasteiger partial charge in [0.15, 0.2) is 0 Å². The normalized spacial score (nSPS) is 11.0. The van der Waals surface area contributed by atoms with Crippen molar-refractivity contribution < 1.29 is 4.79 Å². The van der Waals surface area contributed by atoms with Gasteiger partial charge in [-0.2, -0.15) is 10.1 Å². The standard InChI is InChI=1S/C14H16N6O/c1-3-4-10-12(13(21)18-14-15-8-16-19-14)20-7-9(2)5-6-11(20)17-10/h5-8H,3-4H2,1-2H3,(H2,15,16,18,19,21). The SMILES string of the molecule is CCCc1nc2ccc(C)cn2c1C(=O)Nc1ncn[nH]1. The van der Waals surface area contributed by atoms with Gasteiger partial charge < -0.3 is 0 Å². The number of rotatable bonds is 4. The quantitative estimate of drug-likeness (QED) is 0.766. The highest BCUT2D eigenvalue weighted by Crippen LogP contribution is 2.17. The number of aromatic amines is 1. The van der Waals surface area contributed by atoms with Crippen LogP contribution < -0.4 is 5.32 Å². The van der Waals surface area contributed by atoms with Crippen molar-refractivity contribution in [3.8, 4) is 0 Å². The van der Waals surface area contributed by atoms with Crippen molar-refractivity contribution in [2.75, 3.05) is 5.32 Å². The first-order valence-electron chi connectivity index (χ1n) is 6.83. The highest BCUT2D eigenvalue weighted by Gasteiger charge is 2.19. The third-order valence-corrected chi connectivity index (χ3v) is 3.19. The summed E-state index contributed by atoms with van der Waals surface area (Å²) in [5.41, 5.74) is 3.18. The summed E-state index contributed by atoms with van der Waals surface area (Å²) < 4.78 is 1.83. The van der Waals surface area contributed by atoms with Crippen LogP contribution in [0.2, 0.25) is 0 Å². The molecule has 7 heteroatoms. The molecule has 0 saturated heterocycles. The second-order valence-corrected chi connectivity index (χ2v) is 4.88. The number of hydrogen-bond acceptors (Lipinski definition) is 4. The Bertz CT molecular complexity index is 774. The summed E-state index contributed by atoms with van der Waals surface area (Å²) in [6.07, 6.45) is 4.93. The molecular formula is C14H16N6O. The summed E-state index contributed by atoms with van der Waals surface area (Å²) in [4.78, 5) is 21.0. The molecule has 0 radical (unpaired) electrons. The maximum absolute atomic E-state index is 12.5.